The summed E-state index contributed by atoms with van der Waals surface area (Å²) in [6.45, 7) is 4.66. The lowest BCUT2D eigenvalue weighted by molar-refractivity contribution is -0.118. The Morgan fingerprint density at radius 3 is 2.35 bits per heavy atom. The summed E-state index contributed by atoms with van der Waals surface area (Å²) >= 11 is 0. The molecule has 0 spiro atoms. The molecule has 4 aromatic carbocycles. The number of amides is 1. The molecule has 5 heteroatoms. The van der Waals surface area contributed by atoms with Crippen LogP contribution in [-0.4, -0.2) is 11.7 Å². The lowest BCUT2D eigenvalue weighted by Gasteiger charge is -2.37. The van der Waals surface area contributed by atoms with E-state index in [2.05, 4.69) is 19.2 Å². The van der Waals surface area contributed by atoms with Gasteiger partial charge in [0.1, 0.15) is 12.4 Å². The number of benzene rings is 4. The Bertz CT molecular complexity index is 1590. The molecular formula is C35H32N2O3. The largest absolute Gasteiger partial charge is 0.489 e. The highest BCUT2D eigenvalue weighted by Gasteiger charge is 2.43. The zero-order valence-corrected chi connectivity index (χ0v) is 22.8. The number of para-hydroxylation sites is 2. The third kappa shape index (κ3) is 5.03. The van der Waals surface area contributed by atoms with E-state index in [9.17, 15) is 9.59 Å². The normalized spacial score (nSPS) is 17.8. The van der Waals surface area contributed by atoms with E-state index in [0.717, 1.165) is 28.2 Å². The van der Waals surface area contributed by atoms with Gasteiger partial charge in [0.05, 0.1) is 17.4 Å². The van der Waals surface area contributed by atoms with E-state index in [1.165, 1.54) is 0 Å². The van der Waals surface area contributed by atoms with Gasteiger partial charge in [0, 0.05) is 23.3 Å². The van der Waals surface area contributed by atoms with Gasteiger partial charge in [-0.15, -0.1) is 0 Å². The van der Waals surface area contributed by atoms with Crippen LogP contribution >= 0.6 is 0 Å². The maximum Gasteiger partial charge on any atom is 0.259 e. The summed E-state index contributed by atoms with van der Waals surface area (Å²) in [5.74, 6) is 0.574. The van der Waals surface area contributed by atoms with Gasteiger partial charge in [0.15, 0.2) is 5.78 Å². The average molecular weight is 529 g/mol. The SMILES string of the molecule is CC1(C)CC(=O)C2=C(C1)Nc1ccccc1N(C(=O)c1ccccc1)[C@@H]2c1cccc(OCc2ccccc2)c1. The molecule has 4 aromatic rings. The molecule has 1 aliphatic heterocycles. The van der Waals surface area contributed by atoms with Crippen LogP contribution in [0.1, 0.15) is 54.2 Å². The van der Waals surface area contributed by atoms with Gasteiger partial charge >= 0.3 is 0 Å². The summed E-state index contributed by atoms with van der Waals surface area (Å²) < 4.78 is 6.18. The fraction of sp³-hybridized carbons (Fsp3) is 0.200. The fourth-order valence-electron chi connectivity index (χ4n) is 5.76. The van der Waals surface area contributed by atoms with Gasteiger partial charge in [-0.3, -0.25) is 14.5 Å². The van der Waals surface area contributed by atoms with Crippen molar-refractivity contribution in [3.8, 4) is 5.75 Å². The number of carbonyl (C=O) groups excluding carboxylic acids is 2. The second-order valence-corrected chi connectivity index (χ2v) is 11.3. The minimum Gasteiger partial charge on any atom is -0.489 e. The summed E-state index contributed by atoms with van der Waals surface area (Å²) in [6, 6.07) is 34.2. The van der Waals surface area contributed by atoms with Crippen molar-refractivity contribution in [2.75, 3.05) is 10.2 Å². The second-order valence-electron chi connectivity index (χ2n) is 11.3. The van der Waals surface area contributed by atoms with Crippen molar-refractivity contribution in [3.05, 3.63) is 137 Å². The first-order valence-electron chi connectivity index (χ1n) is 13.7. The first kappa shape index (κ1) is 25.6. The Morgan fingerprint density at radius 1 is 0.875 bits per heavy atom. The lowest BCUT2D eigenvalue weighted by Crippen LogP contribution is -2.39. The van der Waals surface area contributed by atoms with E-state index in [1.54, 1.807) is 4.90 Å². The van der Waals surface area contributed by atoms with E-state index in [0.29, 0.717) is 36.3 Å². The van der Waals surface area contributed by atoms with Gasteiger partial charge in [-0.05, 0) is 59.4 Å². The molecule has 1 N–H and O–H groups in total. The maximum absolute atomic E-state index is 14.3. The Hall–Kier alpha value is -4.64. The van der Waals surface area contributed by atoms with E-state index in [1.807, 2.05) is 109 Å². The topological polar surface area (TPSA) is 58.6 Å². The molecule has 6 rings (SSSR count). The van der Waals surface area contributed by atoms with Crippen molar-refractivity contribution in [1.29, 1.82) is 0 Å². The van der Waals surface area contributed by atoms with Crippen LogP contribution in [-0.2, 0) is 11.4 Å². The highest BCUT2D eigenvalue weighted by atomic mass is 16.5. The number of nitrogens with zero attached hydrogens (tertiary/aromatic N) is 1. The second kappa shape index (κ2) is 10.5. The predicted molar refractivity (Wildman–Crippen MR) is 158 cm³/mol. The Balaban J connectivity index is 1.51. The number of hydrogen-bond acceptors (Lipinski definition) is 4. The molecule has 0 aromatic heterocycles. The highest BCUT2D eigenvalue weighted by molar-refractivity contribution is 6.12. The Morgan fingerprint density at radius 2 is 1.57 bits per heavy atom. The summed E-state index contributed by atoms with van der Waals surface area (Å²) in [4.78, 5) is 30.1. The number of ketones is 1. The van der Waals surface area contributed by atoms with Crippen molar-refractivity contribution in [2.24, 2.45) is 5.41 Å². The van der Waals surface area contributed by atoms with Crippen molar-refractivity contribution >= 4 is 23.1 Å². The molecule has 40 heavy (non-hydrogen) atoms. The first-order chi connectivity index (χ1) is 19.4. The van der Waals surface area contributed by atoms with Crippen molar-refractivity contribution in [3.63, 3.8) is 0 Å². The van der Waals surface area contributed by atoms with Gasteiger partial charge < -0.3 is 10.1 Å². The molecule has 2 aliphatic rings. The lowest BCUT2D eigenvalue weighted by atomic mass is 9.73. The number of carbonyl (C=O) groups is 2. The van der Waals surface area contributed by atoms with Crippen LogP contribution in [0.2, 0.25) is 0 Å². The predicted octanol–water partition coefficient (Wildman–Crippen LogP) is 7.72. The summed E-state index contributed by atoms with van der Waals surface area (Å²) in [5.41, 5.74) is 5.32. The highest BCUT2D eigenvalue weighted by Crippen LogP contribution is 2.49. The monoisotopic (exact) mass is 528 g/mol. The molecular weight excluding hydrogens is 496 g/mol. The van der Waals surface area contributed by atoms with E-state index >= 15 is 0 Å². The number of anilines is 2. The molecule has 5 nitrogen and oxygen atoms in total. The molecule has 1 heterocycles. The van der Waals surface area contributed by atoms with Gasteiger partial charge in [0.25, 0.3) is 5.91 Å². The zero-order valence-electron chi connectivity index (χ0n) is 22.8. The van der Waals surface area contributed by atoms with Gasteiger partial charge in [-0.1, -0.05) is 86.6 Å². The van der Waals surface area contributed by atoms with Crippen molar-refractivity contribution in [1.82, 2.24) is 0 Å². The third-order valence-electron chi connectivity index (χ3n) is 7.56. The summed E-state index contributed by atoms with van der Waals surface area (Å²) in [7, 11) is 0. The van der Waals surface area contributed by atoms with Crippen LogP contribution in [0.4, 0.5) is 11.4 Å². The molecule has 1 atom stereocenters. The number of ether oxygens (including phenoxy) is 1. The molecule has 1 aliphatic carbocycles. The molecule has 200 valence electrons. The number of nitrogens with one attached hydrogen (secondary N) is 1. The molecule has 0 unspecified atom stereocenters. The van der Waals surface area contributed by atoms with Gasteiger partial charge in [0.2, 0.25) is 0 Å². The summed E-state index contributed by atoms with van der Waals surface area (Å²) in [5, 5.41) is 3.58. The average Bonchev–Trinajstić information content (AvgIpc) is 3.10. The molecule has 1 amide bonds. The van der Waals surface area contributed by atoms with Gasteiger partial charge in [-0.25, -0.2) is 0 Å². The van der Waals surface area contributed by atoms with Crippen LogP contribution < -0.4 is 15.0 Å². The number of fused-ring (bicyclic) bond motifs is 1. The number of hydrogen-bond donors (Lipinski definition) is 1. The zero-order chi connectivity index (χ0) is 27.7. The molecule has 0 fully saturated rings. The van der Waals surface area contributed by atoms with Crippen molar-refractivity contribution in [2.45, 2.75) is 39.3 Å². The molecule has 0 saturated heterocycles. The number of Topliss-reactive ketones (excluding diaryl/α,β-unsaturated/α-hetero) is 1. The number of allylic oxidation sites excluding steroid dienone is 1. The van der Waals surface area contributed by atoms with E-state index < -0.39 is 6.04 Å². The molecule has 0 radical (unpaired) electrons. The van der Waals surface area contributed by atoms with Crippen LogP contribution in [0.3, 0.4) is 0 Å². The van der Waals surface area contributed by atoms with Crippen LogP contribution in [0.5, 0.6) is 5.75 Å². The smallest absolute Gasteiger partial charge is 0.259 e. The van der Waals surface area contributed by atoms with Gasteiger partial charge in [-0.2, -0.15) is 0 Å². The minimum absolute atomic E-state index is 0.0537. The quantitative estimate of drug-likeness (QED) is 0.288. The summed E-state index contributed by atoms with van der Waals surface area (Å²) in [6.07, 6.45) is 1.12. The number of rotatable bonds is 5. The van der Waals surface area contributed by atoms with E-state index in [4.69, 9.17) is 4.74 Å². The van der Waals surface area contributed by atoms with Crippen molar-refractivity contribution < 1.29 is 14.3 Å². The van der Waals surface area contributed by atoms with Crippen LogP contribution in [0.25, 0.3) is 0 Å². The Kier molecular flexibility index (Phi) is 6.72. The molecule has 0 saturated carbocycles. The van der Waals surface area contributed by atoms with E-state index in [-0.39, 0.29) is 17.1 Å². The van der Waals surface area contributed by atoms with Crippen LogP contribution in [0.15, 0.2) is 120 Å². The Labute approximate surface area is 235 Å². The first-order valence-corrected chi connectivity index (χ1v) is 13.7. The fourth-order valence-corrected chi connectivity index (χ4v) is 5.76. The molecule has 0 bridgehead atoms. The standard InChI is InChI=1S/C35H32N2O3/c1-35(2)21-29-32(31(38)22-35)33(26-16-11-17-27(20-26)40-23-24-12-5-3-6-13-24)37(30-19-10-9-18-28(30)36-29)34(39)25-14-7-4-8-15-25/h3-20,33,36H,21-23H2,1-2H3/t33-/m1/s1. The maximum atomic E-state index is 14.3. The minimum atomic E-state index is -0.622. The third-order valence-corrected chi connectivity index (χ3v) is 7.56. The van der Waals surface area contributed by atoms with Crippen LogP contribution in [0, 0.1) is 5.41 Å².